The van der Waals surface area contributed by atoms with Gasteiger partial charge in [-0.1, -0.05) is 0 Å². The Balaban J connectivity index is 1.59. The maximum atomic E-state index is 12.0. The van der Waals surface area contributed by atoms with Crippen LogP contribution >= 0.6 is 0 Å². The van der Waals surface area contributed by atoms with Gasteiger partial charge in [0.2, 0.25) is 5.91 Å². The predicted octanol–water partition coefficient (Wildman–Crippen LogP) is 0.997. The highest BCUT2D eigenvalue weighted by atomic mass is 16.2. The minimum absolute atomic E-state index is 0.423. The molecule has 3 nitrogen and oxygen atoms in total. The Kier molecular flexibility index (Phi) is 2.43. The molecule has 2 heterocycles. The third-order valence-corrected chi connectivity index (χ3v) is 4.26. The van der Waals surface area contributed by atoms with Gasteiger partial charge in [-0.15, -0.1) is 0 Å². The molecule has 1 amide bonds. The van der Waals surface area contributed by atoms with Crippen LogP contribution in [0.2, 0.25) is 0 Å². The molecule has 2 unspecified atom stereocenters. The van der Waals surface area contributed by atoms with Crippen LogP contribution in [0.1, 0.15) is 32.1 Å². The van der Waals surface area contributed by atoms with Crippen molar-refractivity contribution >= 4 is 5.91 Å². The van der Waals surface area contributed by atoms with Crippen molar-refractivity contribution in [2.45, 2.75) is 38.1 Å². The second-order valence-electron chi connectivity index (χ2n) is 5.32. The average Bonchev–Trinajstić information content (AvgIpc) is 2.95. The molecule has 0 spiro atoms. The number of hydrogen-bond acceptors (Lipinski definition) is 2. The summed E-state index contributed by atoms with van der Waals surface area (Å²) in [7, 11) is 0. The van der Waals surface area contributed by atoms with Crippen molar-refractivity contribution in [1.82, 2.24) is 10.2 Å². The van der Waals surface area contributed by atoms with E-state index in [0.717, 1.165) is 44.3 Å². The number of nitrogens with one attached hydrogen (secondary N) is 1. The summed E-state index contributed by atoms with van der Waals surface area (Å²) in [5, 5.41) is 3.34. The summed E-state index contributed by atoms with van der Waals surface area (Å²) in [4.78, 5) is 14.2. The van der Waals surface area contributed by atoms with Crippen molar-refractivity contribution in [1.29, 1.82) is 0 Å². The zero-order valence-corrected chi connectivity index (χ0v) is 9.24. The Morgan fingerprint density at radius 2 is 2.00 bits per heavy atom. The van der Waals surface area contributed by atoms with Crippen molar-refractivity contribution in [3.05, 3.63) is 0 Å². The molecule has 1 aliphatic carbocycles. The first-order valence-corrected chi connectivity index (χ1v) is 6.35. The molecule has 3 rings (SSSR count). The van der Waals surface area contributed by atoms with Gasteiger partial charge >= 0.3 is 0 Å². The molecule has 2 aliphatic heterocycles. The molecular formula is C12H20N2O. The molecule has 0 aromatic carbocycles. The monoisotopic (exact) mass is 208 g/mol. The fraction of sp³-hybridized carbons (Fsp3) is 0.917. The van der Waals surface area contributed by atoms with Gasteiger partial charge in [-0.25, -0.2) is 0 Å². The van der Waals surface area contributed by atoms with Gasteiger partial charge < -0.3 is 10.2 Å². The molecule has 15 heavy (non-hydrogen) atoms. The van der Waals surface area contributed by atoms with E-state index >= 15 is 0 Å². The van der Waals surface area contributed by atoms with Crippen LogP contribution in [0.5, 0.6) is 0 Å². The number of piperidine rings is 1. The van der Waals surface area contributed by atoms with Crippen LogP contribution in [0.15, 0.2) is 0 Å². The van der Waals surface area contributed by atoms with Gasteiger partial charge in [0.1, 0.15) is 0 Å². The van der Waals surface area contributed by atoms with Crippen LogP contribution in [0.4, 0.5) is 0 Å². The van der Waals surface area contributed by atoms with Crippen molar-refractivity contribution in [3.8, 4) is 0 Å². The number of carbonyl (C=O) groups is 1. The van der Waals surface area contributed by atoms with Gasteiger partial charge in [0, 0.05) is 25.6 Å². The fourth-order valence-corrected chi connectivity index (χ4v) is 3.13. The molecule has 3 heteroatoms. The Labute approximate surface area is 91.2 Å². The summed E-state index contributed by atoms with van der Waals surface area (Å²) in [5.74, 6) is 2.05. The van der Waals surface area contributed by atoms with E-state index in [1.807, 2.05) is 0 Å². The van der Waals surface area contributed by atoms with E-state index in [1.54, 1.807) is 0 Å². The summed E-state index contributed by atoms with van der Waals surface area (Å²) in [5.41, 5.74) is 0. The molecule has 0 aromatic heterocycles. The second kappa shape index (κ2) is 3.78. The highest BCUT2D eigenvalue weighted by Gasteiger charge is 2.38. The molecule has 3 fully saturated rings. The first kappa shape index (κ1) is 9.64. The molecule has 1 saturated carbocycles. The molecule has 0 aromatic rings. The molecule has 0 bridgehead atoms. The van der Waals surface area contributed by atoms with E-state index in [9.17, 15) is 4.79 Å². The molecule has 2 saturated heterocycles. The number of amides is 1. The summed E-state index contributed by atoms with van der Waals surface area (Å²) < 4.78 is 0. The van der Waals surface area contributed by atoms with Crippen LogP contribution in [0, 0.1) is 11.8 Å². The topological polar surface area (TPSA) is 32.3 Å². The quantitative estimate of drug-likeness (QED) is 0.734. The first-order chi connectivity index (χ1) is 7.34. The number of carbonyl (C=O) groups excluding carboxylic acids is 1. The highest BCUT2D eigenvalue weighted by Crippen LogP contribution is 2.42. The van der Waals surface area contributed by atoms with E-state index in [1.165, 1.54) is 19.3 Å². The van der Waals surface area contributed by atoms with E-state index in [0.29, 0.717) is 11.9 Å². The fourth-order valence-electron chi connectivity index (χ4n) is 3.13. The van der Waals surface area contributed by atoms with Crippen molar-refractivity contribution in [3.63, 3.8) is 0 Å². The minimum atomic E-state index is 0.423. The maximum Gasteiger partial charge on any atom is 0.223 e. The lowest BCUT2D eigenvalue weighted by Gasteiger charge is -2.35. The standard InChI is InChI=1S/C12H20N2O/c15-12-7-10(9-1-2-9)4-6-14(12)11-3-5-13-8-11/h9-11,13H,1-8H2. The largest absolute Gasteiger partial charge is 0.338 e. The van der Waals surface area contributed by atoms with Crippen LogP contribution in [-0.2, 0) is 4.79 Å². The highest BCUT2D eigenvalue weighted by molar-refractivity contribution is 5.77. The Morgan fingerprint density at radius 3 is 2.60 bits per heavy atom. The SMILES string of the molecule is O=C1CC(C2CC2)CCN1C1CCNC1. The van der Waals surface area contributed by atoms with Gasteiger partial charge in [-0.05, 0) is 44.1 Å². The van der Waals surface area contributed by atoms with E-state index in [2.05, 4.69) is 10.2 Å². The van der Waals surface area contributed by atoms with E-state index in [-0.39, 0.29) is 0 Å². The Hall–Kier alpha value is -0.570. The smallest absolute Gasteiger partial charge is 0.223 e. The zero-order valence-electron chi connectivity index (χ0n) is 9.24. The summed E-state index contributed by atoms with van der Waals surface area (Å²) in [6.45, 7) is 3.12. The third kappa shape index (κ3) is 1.89. The van der Waals surface area contributed by atoms with Crippen molar-refractivity contribution in [2.24, 2.45) is 11.8 Å². The van der Waals surface area contributed by atoms with Crippen molar-refractivity contribution < 1.29 is 4.79 Å². The molecule has 0 radical (unpaired) electrons. The molecule has 2 atom stereocenters. The van der Waals surface area contributed by atoms with Gasteiger partial charge in [0.15, 0.2) is 0 Å². The van der Waals surface area contributed by atoms with E-state index in [4.69, 9.17) is 0 Å². The van der Waals surface area contributed by atoms with Crippen LogP contribution < -0.4 is 5.32 Å². The average molecular weight is 208 g/mol. The molecule has 1 N–H and O–H groups in total. The summed E-state index contributed by atoms with van der Waals surface area (Å²) in [6, 6.07) is 0.498. The summed E-state index contributed by atoms with van der Waals surface area (Å²) >= 11 is 0. The Bertz CT molecular complexity index is 256. The zero-order chi connectivity index (χ0) is 10.3. The van der Waals surface area contributed by atoms with Gasteiger partial charge in [-0.3, -0.25) is 4.79 Å². The normalized spacial score (nSPS) is 37.3. The number of hydrogen-bond donors (Lipinski definition) is 1. The summed E-state index contributed by atoms with van der Waals surface area (Å²) in [6.07, 6.45) is 6.00. The number of rotatable bonds is 2. The lowest BCUT2D eigenvalue weighted by Crippen LogP contribution is -2.46. The maximum absolute atomic E-state index is 12.0. The predicted molar refractivity (Wildman–Crippen MR) is 58.4 cm³/mol. The number of nitrogens with zero attached hydrogens (tertiary/aromatic N) is 1. The van der Waals surface area contributed by atoms with Gasteiger partial charge in [0.05, 0.1) is 0 Å². The number of likely N-dealkylation sites (tertiary alicyclic amines) is 1. The van der Waals surface area contributed by atoms with Crippen molar-refractivity contribution in [2.75, 3.05) is 19.6 Å². The van der Waals surface area contributed by atoms with Crippen LogP contribution in [0.25, 0.3) is 0 Å². The lowest BCUT2D eigenvalue weighted by atomic mass is 9.90. The third-order valence-electron chi connectivity index (χ3n) is 4.26. The van der Waals surface area contributed by atoms with E-state index < -0.39 is 0 Å². The molecule has 84 valence electrons. The van der Waals surface area contributed by atoms with Crippen LogP contribution in [0.3, 0.4) is 0 Å². The minimum Gasteiger partial charge on any atom is -0.338 e. The van der Waals surface area contributed by atoms with Gasteiger partial charge in [-0.2, -0.15) is 0 Å². The van der Waals surface area contributed by atoms with Gasteiger partial charge in [0.25, 0.3) is 0 Å². The van der Waals surface area contributed by atoms with Crippen LogP contribution in [-0.4, -0.2) is 36.5 Å². The second-order valence-corrected chi connectivity index (χ2v) is 5.32. The molecular weight excluding hydrogens is 188 g/mol. The lowest BCUT2D eigenvalue weighted by molar-refractivity contribution is -0.137. The Morgan fingerprint density at radius 1 is 1.13 bits per heavy atom. The molecule has 3 aliphatic rings. The first-order valence-electron chi connectivity index (χ1n) is 6.35.